The minimum atomic E-state index is 0.574. The summed E-state index contributed by atoms with van der Waals surface area (Å²) < 4.78 is 5.91. The third-order valence-corrected chi connectivity index (χ3v) is 5.07. The molecular formula is C25H27N3O. The fourth-order valence-corrected chi connectivity index (χ4v) is 3.43. The van der Waals surface area contributed by atoms with Gasteiger partial charge in [-0.3, -0.25) is 9.91 Å². The van der Waals surface area contributed by atoms with Crippen molar-refractivity contribution < 1.29 is 4.74 Å². The molecule has 0 unspecified atom stereocenters. The maximum Gasteiger partial charge on any atom is 0.120 e. The fraction of sp³-hybridized carbons (Fsp3) is 0.240. The highest BCUT2D eigenvalue weighted by molar-refractivity contribution is 5.79. The van der Waals surface area contributed by atoms with Crippen molar-refractivity contribution in [2.45, 2.75) is 13.2 Å². The van der Waals surface area contributed by atoms with Crippen LogP contribution in [-0.2, 0) is 13.2 Å². The third kappa shape index (κ3) is 5.93. The molecule has 0 bridgehead atoms. The van der Waals surface area contributed by atoms with Crippen LogP contribution in [-0.4, -0.2) is 42.3 Å². The smallest absolute Gasteiger partial charge is 0.120 e. The van der Waals surface area contributed by atoms with Gasteiger partial charge in [0, 0.05) is 32.7 Å². The molecule has 0 atom stereocenters. The minimum Gasteiger partial charge on any atom is -0.489 e. The molecule has 1 aliphatic rings. The second kappa shape index (κ2) is 9.89. The van der Waals surface area contributed by atoms with Gasteiger partial charge in [0.1, 0.15) is 12.4 Å². The van der Waals surface area contributed by atoms with Crippen molar-refractivity contribution in [1.29, 1.82) is 0 Å². The second-order valence-corrected chi connectivity index (χ2v) is 7.31. The molecule has 1 fully saturated rings. The van der Waals surface area contributed by atoms with Crippen LogP contribution < -0.4 is 4.74 Å². The van der Waals surface area contributed by atoms with Gasteiger partial charge in [-0.2, -0.15) is 5.10 Å². The van der Waals surface area contributed by atoms with E-state index in [1.807, 2.05) is 42.6 Å². The Morgan fingerprint density at radius 2 is 1.45 bits per heavy atom. The number of hydrogen-bond donors (Lipinski definition) is 0. The molecule has 29 heavy (non-hydrogen) atoms. The Morgan fingerprint density at radius 1 is 0.759 bits per heavy atom. The summed E-state index contributed by atoms with van der Waals surface area (Å²) in [7, 11) is 0. The summed E-state index contributed by atoms with van der Waals surface area (Å²) in [5.74, 6) is 0.866. The molecule has 4 nitrogen and oxygen atoms in total. The first-order chi connectivity index (χ1) is 14.3. The predicted molar refractivity (Wildman–Crippen MR) is 118 cm³/mol. The van der Waals surface area contributed by atoms with Gasteiger partial charge in [0.25, 0.3) is 0 Å². The van der Waals surface area contributed by atoms with Crippen LogP contribution in [0.4, 0.5) is 0 Å². The van der Waals surface area contributed by atoms with E-state index in [4.69, 9.17) is 4.74 Å². The Labute approximate surface area is 173 Å². The van der Waals surface area contributed by atoms with E-state index < -0.39 is 0 Å². The zero-order valence-electron chi connectivity index (χ0n) is 16.7. The first-order valence-corrected chi connectivity index (χ1v) is 10.2. The van der Waals surface area contributed by atoms with E-state index in [2.05, 4.69) is 63.5 Å². The first-order valence-electron chi connectivity index (χ1n) is 10.2. The van der Waals surface area contributed by atoms with E-state index in [0.29, 0.717) is 6.61 Å². The monoisotopic (exact) mass is 385 g/mol. The van der Waals surface area contributed by atoms with Gasteiger partial charge in [0.05, 0.1) is 6.21 Å². The molecule has 1 heterocycles. The summed E-state index contributed by atoms with van der Waals surface area (Å²) in [6.45, 7) is 5.56. The van der Waals surface area contributed by atoms with Crippen molar-refractivity contribution in [3.05, 3.63) is 102 Å². The molecule has 0 aromatic heterocycles. The number of piperazine rings is 1. The molecule has 1 saturated heterocycles. The van der Waals surface area contributed by atoms with Crippen molar-refractivity contribution in [1.82, 2.24) is 9.91 Å². The Hall–Kier alpha value is -3.11. The molecule has 0 radical (unpaired) electrons. The number of ether oxygens (including phenoxy) is 1. The number of hydrogen-bond acceptors (Lipinski definition) is 4. The number of nitrogens with zero attached hydrogens (tertiary/aromatic N) is 3. The highest BCUT2D eigenvalue weighted by atomic mass is 16.5. The van der Waals surface area contributed by atoms with E-state index in [1.54, 1.807) is 0 Å². The highest BCUT2D eigenvalue weighted by Crippen LogP contribution is 2.15. The van der Waals surface area contributed by atoms with E-state index >= 15 is 0 Å². The van der Waals surface area contributed by atoms with Gasteiger partial charge in [0.15, 0.2) is 0 Å². The first kappa shape index (κ1) is 19.2. The topological polar surface area (TPSA) is 28.1 Å². The van der Waals surface area contributed by atoms with Gasteiger partial charge in [-0.05, 0) is 28.8 Å². The van der Waals surface area contributed by atoms with Gasteiger partial charge in [-0.25, -0.2) is 0 Å². The summed E-state index contributed by atoms with van der Waals surface area (Å²) in [6, 6.07) is 29.0. The highest BCUT2D eigenvalue weighted by Gasteiger charge is 2.15. The largest absolute Gasteiger partial charge is 0.489 e. The van der Waals surface area contributed by atoms with Crippen molar-refractivity contribution in [3.63, 3.8) is 0 Å². The summed E-state index contributed by atoms with van der Waals surface area (Å²) in [5.41, 5.74) is 3.60. The lowest BCUT2D eigenvalue weighted by molar-refractivity contribution is 0.131. The molecule has 1 aliphatic heterocycles. The van der Waals surface area contributed by atoms with Gasteiger partial charge in [0.2, 0.25) is 0 Å². The Kier molecular flexibility index (Phi) is 6.56. The average molecular weight is 386 g/mol. The molecule has 0 spiro atoms. The van der Waals surface area contributed by atoms with Gasteiger partial charge < -0.3 is 4.74 Å². The van der Waals surface area contributed by atoms with E-state index in [0.717, 1.165) is 44.0 Å². The molecule has 148 valence electrons. The maximum absolute atomic E-state index is 5.91. The van der Waals surface area contributed by atoms with Gasteiger partial charge in [-0.15, -0.1) is 0 Å². The van der Waals surface area contributed by atoms with Crippen LogP contribution in [0, 0.1) is 0 Å². The van der Waals surface area contributed by atoms with E-state index in [-0.39, 0.29) is 0 Å². The van der Waals surface area contributed by atoms with Crippen LogP contribution in [0.2, 0.25) is 0 Å². The molecule has 0 N–H and O–H groups in total. The summed E-state index contributed by atoms with van der Waals surface area (Å²) in [6.07, 6.45) is 1.93. The van der Waals surface area contributed by atoms with Crippen LogP contribution in [0.3, 0.4) is 0 Å². The van der Waals surface area contributed by atoms with Crippen molar-refractivity contribution in [3.8, 4) is 5.75 Å². The van der Waals surface area contributed by atoms with Crippen LogP contribution in [0.5, 0.6) is 5.75 Å². The maximum atomic E-state index is 5.91. The van der Waals surface area contributed by atoms with Crippen LogP contribution in [0.25, 0.3) is 0 Å². The SMILES string of the molecule is C(=N\N1CCN(Cc2ccccc2)CC1)/c1cccc(OCc2ccccc2)c1. The van der Waals surface area contributed by atoms with Gasteiger partial charge >= 0.3 is 0 Å². The van der Waals surface area contributed by atoms with E-state index in [9.17, 15) is 0 Å². The van der Waals surface area contributed by atoms with Crippen molar-refractivity contribution in [2.24, 2.45) is 5.10 Å². The molecule has 3 aromatic carbocycles. The number of benzene rings is 3. The average Bonchev–Trinajstić information content (AvgIpc) is 2.79. The third-order valence-electron chi connectivity index (χ3n) is 5.07. The predicted octanol–water partition coefficient (Wildman–Crippen LogP) is 4.42. The molecule has 4 rings (SSSR count). The molecule has 4 heteroatoms. The zero-order chi connectivity index (χ0) is 19.7. The van der Waals surface area contributed by atoms with E-state index in [1.165, 1.54) is 11.1 Å². The standard InChI is InChI=1S/C25H27N3O/c1-3-8-22(9-4-1)20-27-14-16-28(17-15-27)26-19-24-12-7-13-25(18-24)29-21-23-10-5-2-6-11-23/h1-13,18-19H,14-17,20-21H2/b26-19+. The summed E-state index contributed by atoms with van der Waals surface area (Å²) >= 11 is 0. The Balaban J connectivity index is 1.26. The second-order valence-electron chi connectivity index (χ2n) is 7.31. The fourth-order valence-electron chi connectivity index (χ4n) is 3.43. The number of hydrazone groups is 1. The molecule has 0 aliphatic carbocycles. The quantitative estimate of drug-likeness (QED) is 0.564. The minimum absolute atomic E-state index is 0.574. The summed E-state index contributed by atoms with van der Waals surface area (Å²) in [4.78, 5) is 2.49. The molecule has 0 amide bonds. The van der Waals surface area contributed by atoms with Crippen LogP contribution >= 0.6 is 0 Å². The zero-order valence-corrected chi connectivity index (χ0v) is 16.7. The van der Waals surface area contributed by atoms with Crippen LogP contribution in [0.1, 0.15) is 16.7 Å². The Bertz CT molecular complexity index is 904. The lowest BCUT2D eigenvalue weighted by atomic mass is 10.2. The summed E-state index contributed by atoms with van der Waals surface area (Å²) in [5, 5.41) is 6.83. The number of rotatable bonds is 7. The molecule has 3 aromatic rings. The lowest BCUT2D eigenvalue weighted by Crippen LogP contribution is -2.43. The van der Waals surface area contributed by atoms with Crippen molar-refractivity contribution in [2.75, 3.05) is 26.2 Å². The molecular weight excluding hydrogens is 358 g/mol. The Morgan fingerprint density at radius 3 is 2.17 bits per heavy atom. The van der Waals surface area contributed by atoms with Crippen LogP contribution in [0.15, 0.2) is 90.0 Å². The van der Waals surface area contributed by atoms with Gasteiger partial charge in [-0.1, -0.05) is 72.8 Å². The molecule has 0 saturated carbocycles. The normalized spacial score (nSPS) is 15.0. The van der Waals surface area contributed by atoms with Crippen molar-refractivity contribution >= 4 is 6.21 Å². The lowest BCUT2D eigenvalue weighted by Gasteiger charge is -2.33.